The van der Waals surface area contributed by atoms with Gasteiger partial charge in [-0.05, 0) is 68.9 Å². The summed E-state index contributed by atoms with van der Waals surface area (Å²) >= 11 is 0. The second kappa shape index (κ2) is 9.92. The van der Waals surface area contributed by atoms with Gasteiger partial charge in [0.15, 0.2) is 5.69 Å². The number of esters is 1. The third-order valence-electron chi connectivity index (χ3n) is 5.93. The molecule has 0 aliphatic carbocycles. The van der Waals surface area contributed by atoms with E-state index in [1.54, 1.807) is 6.92 Å². The fourth-order valence-corrected chi connectivity index (χ4v) is 4.21. The number of carbonyl (C=O) groups is 2. The normalized spacial score (nSPS) is 16.7. The Hall–Kier alpha value is -2.63. The van der Waals surface area contributed by atoms with Gasteiger partial charge >= 0.3 is 5.97 Å². The van der Waals surface area contributed by atoms with Crippen LogP contribution in [0.5, 0.6) is 0 Å². The predicted molar refractivity (Wildman–Crippen MR) is 117 cm³/mol. The van der Waals surface area contributed by atoms with Crippen LogP contribution in [0.15, 0.2) is 30.3 Å². The van der Waals surface area contributed by atoms with Gasteiger partial charge in [0.05, 0.1) is 12.3 Å². The van der Waals surface area contributed by atoms with E-state index >= 15 is 0 Å². The number of hydrogen-bond acceptors (Lipinski definition) is 4. The zero-order valence-electron chi connectivity index (χ0n) is 18.6. The highest BCUT2D eigenvalue weighted by atomic mass is 16.5. The quantitative estimate of drug-likeness (QED) is 0.613. The van der Waals surface area contributed by atoms with Crippen LogP contribution in [-0.2, 0) is 4.74 Å². The zero-order chi connectivity index (χ0) is 21.7. The Balaban J connectivity index is 1.89. The van der Waals surface area contributed by atoms with Crippen LogP contribution in [0.2, 0.25) is 0 Å². The van der Waals surface area contributed by atoms with Gasteiger partial charge in [-0.1, -0.05) is 20.8 Å². The summed E-state index contributed by atoms with van der Waals surface area (Å²) in [6, 6.07) is 9.38. The van der Waals surface area contributed by atoms with Crippen molar-refractivity contribution in [2.45, 2.75) is 59.3 Å². The first-order valence-electron chi connectivity index (χ1n) is 11.1. The molecule has 3 rings (SSSR count). The standard InChI is InChI=1S/C24H33N3O3/c1-5-18(6-2)22-15-21(24(29)30-7-3)25-27(22)20-12-10-19(11-13-20)23(28)26-14-8-9-17(4)16-26/h10-13,15,17-18H,5-9,14,16H2,1-4H3/t17-/m0/s1. The maximum Gasteiger partial charge on any atom is 0.358 e. The number of rotatable bonds is 7. The fraction of sp³-hybridized carbons (Fsp3) is 0.542. The van der Waals surface area contributed by atoms with Crippen LogP contribution in [0.4, 0.5) is 0 Å². The molecule has 1 aliphatic rings. The molecule has 1 aromatic heterocycles. The predicted octanol–water partition coefficient (Wildman–Crippen LogP) is 4.82. The Bertz CT molecular complexity index is 868. The first kappa shape index (κ1) is 22.1. The van der Waals surface area contributed by atoms with E-state index in [0.29, 0.717) is 23.8 Å². The summed E-state index contributed by atoms with van der Waals surface area (Å²) in [5, 5.41) is 4.54. The molecular formula is C24H33N3O3. The molecule has 162 valence electrons. The Morgan fingerprint density at radius 2 is 1.87 bits per heavy atom. The molecule has 0 saturated carbocycles. The van der Waals surface area contributed by atoms with Crippen molar-refractivity contribution in [3.8, 4) is 5.69 Å². The third-order valence-corrected chi connectivity index (χ3v) is 5.93. The number of nitrogens with zero attached hydrogens (tertiary/aromatic N) is 3. The van der Waals surface area contributed by atoms with E-state index in [1.807, 2.05) is 39.9 Å². The number of aromatic nitrogens is 2. The lowest BCUT2D eigenvalue weighted by molar-refractivity contribution is 0.0518. The lowest BCUT2D eigenvalue weighted by atomic mass is 9.98. The van der Waals surface area contributed by atoms with Crippen LogP contribution in [-0.4, -0.2) is 46.3 Å². The molecule has 2 aromatic rings. The summed E-state index contributed by atoms with van der Waals surface area (Å²) < 4.78 is 6.96. The average molecular weight is 412 g/mol. The molecule has 1 fully saturated rings. The van der Waals surface area contributed by atoms with E-state index < -0.39 is 5.97 Å². The number of amides is 1. The summed E-state index contributed by atoms with van der Waals surface area (Å²) in [6.45, 7) is 10.2. The number of piperidine rings is 1. The van der Waals surface area contributed by atoms with E-state index in [-0.39, 0.29) is 11.8 Å². The van der Waals surface area contributed by atoms with Crippen molar-refractivity contribution in [2.24, 2.45) is 5.92 Å². The van der Waals surface area contributed by atoms with Crippen molar-refractivity contribution < 1.29 is 14.3 Å². The van der Waals surface area contributed by atoms with Crippen molar-refractivity contribution in [3.63, 3.8) is 0 Å². The van der Waals surface area contributed by atoms with Crippen LogP contribution in [0.3, 0.4) is 0 Å². The summed E-state index contributed by atoms with van der Waals surface area (Å²) in [5.74, 6) is 0.516. The molecule has 1 aromatic carbocycles. The monoisotopic (exact) mass is 411 g/mol. The smallest absolute Gasteiger partial charge is 0.358 e. The molecule has 30 heavy (non-hydrogen) atoms. The first-order valence-corrected chi connectivity index (χ1v) is 11.1. The van der Waals surface area contributed by atoms with E-state index in [4.69, 9.17) is 4.74 Å². The van der Waals surface area contributed by atoms with Crippen molar-refractivity contribution in [1.29, 1.82) is 0 Å². The minimum atomic E-state index is -0.408. The van der Waals surface area contributed by atoms with Crippen LogP contribution in [0, 0.1) is 5.92 Å². The van der Waals surface area contributed by atoms with Gasteiger partial charge in [-0.15, -0.1) is 0 Å². The van der Waals surface area contributed by atoms with E-state index in [1.165, 1.54) is 6.42 Å². The van der Waals surface area contributed by atoms with Crippen molar-refractivity contribution in [3.05, 3.63) is 47.3 Å². The molecule has 0 unspecified atom stereocenters. The third kappa shape index (κ3) is 4.74. The van der Waals surface area contributed by atoms with Crippen LogP contribution in [0.25, 0.3) is 5.69 Å². The number of hydrogen-bond donors (Lipinski definition) is 0. The molecule has 0 bridgehead atoms. The summed E-state index contributed by atoms with van der Waals surface area (Å²) in [6.07, 6.45) is 4.15. The molecule has 0 radical (unpaired) electrons. The largest absolute Gasteiger partial charge is 0.461 e. The topological polar surface area (TPSA) is 64.4 Å². The van der Waals surface area contributed by atoms with Gasteiger partial charge in [0, 0.05) is 30.3 Å². The molecule has 6 heteroatoms. The summed E-state index contributed by atoms with van der Waals surface area (Å²) in [5.41, 5.74) is 2.85. The number of likely N-dealkylation sites (tertiary alicyclic amines) is 1. The minimum Gasteiger partial charge on any atom is -0.461 e. The Kier molecular flexibility index (Phi) is 7.29. The van der Waals surface area contributed by atoms with E-state index in [0.717, 1.165) is 43.7 Å². The molecule has 0 N–H and O–H groups in total. The number of ether oxygens (including phenoxy) is 1. The van der Waals surface area contributed by atoms with Gasteiger partial charge in [0.1, 0.15) is 0 Å². The minimum absolute atomic E-state index is 0.0843. The molecule has 2 heterocycles. The van der Waals surface area contributed by atoms with E-state index in [9.17, 15) is 9.59 Å². The zero-order valence-corrected chi connectivity index (χ0v) is 18.6. The van der Waals surface area contributed by atoms with Crippen molar-refractivity contribution in [1.82, 2.24) is 14.7 Å². The molecule has 0 spiro atoms. The van der Waals surface area contributed by atoms with Crippen molar-refractivity contribution >= 4 is 11.9 Å². The number of carbonyl (C=O) groups excluding carboxylic acids is 2. The lowest BCUT2D eigenvalue weighted by Crippen LogP contribution is -2.39. The van der Waals surface area contributed by atoms with Crippen LogP contribution >= 0.6 is 0 Å². The average Bonchev–Trinajstić information content (AvgIpc) is 3.20. The van der Waals surface area contributed by atoms with Gasteiger partial charge < -0.3 is 9.64 Å². The van der Waals surface area contributed by atoms with Crippen LogP contribution < -0.4 is 0 Å². The fourth-order valence-electron chi connectivity index (χ4n) is 4.21. The molecule has 1 saturated heterocycles. The van der Waals surface area contributed by atoms with Gasteiger partial charge in [-0.3, -0.25) is 4.79 Å². The summed E-state index contributed by atoms with van der Waals surface area (Å²) in [7, 11) is 0. The second-order valence-corrected chi connectivity index (χ2v) is 8.15. The Labute approximate surface area is 179 Å². The molecule has 1 atom stereocenters. The molecule has 1 aliphatic heterocycles. The molecule has 6 nitrogen and oxygen atoms in total. The number of benzene rings is 1. The maximum absolute atomic E-state index is 12.9. The second-order valence-electron chi connectivity index (χ2n) is 8.15. The summed E-state index contributed by atoms with van der Waals surface area (Å²) in [4.78, 5) is 27.1. The highest BCUT2D eigenvalue weighted by Gasteiger charge is 2.23. The highest BCUT2D eigenvalue weighted by molar-refractivity contribution is 5.94. The maximum atomic E-state index is 12.9. The molecular weight excluding hydrogens is 378 g/mol. The molecule has 1 amide bonds. The van der Waals surface area contributed by atoms with Crippen molar-refractivity contribution in [2.75, 3.05) is 19.7 Å². The first-order chi connectivity index (χ1) is 14.5. The Morgan fingerprint density at radius 1 is 1.17 bits per heavy atom. The lowest BCUT2D eigenvalue weighted by Gasteiger charge is -2.31. The van der Waals surface area contributed by atoms with Gasteiger partial charge in [-0.2, -0.15) is 5.10 Å². The SMILES string of the molecule is CCOC(=O)c1cc(C(CC)CC)n(-c2ccc(C(=O)N3CCC[C@H](C)C3)cc2)n1. The van der Waals surface area contributed by atoms with Gasteiger partial charge in [-0.25, -0.2) is 9.48 Å². The van der Waals surface area contributed by atoms with Gasteiger partial charge in [0.2, 0.25) is 0 Å². The van der Waals surface area contributed by atoms with Crippen LogP contribution in [0.1, 0.15) is 85.8 Å². The Morgan fingerprint density at radius 3 is 2.47 bits per heavy atom. The van der Waals surface area contributed by atoms with Gasteiger partial charge in [0.25, 0.3) is 5.91 Å². The highest BCUT2D eigenvalue weighted by Crippen LogP contribution is 2.27. The van der Waals surface area contributed by atoms with E-state index in [2.05, 4.69) is 25.9 Å².